The molecule has 2 nitrogen and oxygen atoms in total. The molecule has 0 radical (unpaired) electrons. The highest BCUT2D eigenvalue weighted by atomic mass is 19.1. The fourth-order valence-electron chi connectivity index (χ4n) is 1.12. The van der Waals surface area contributed by atoms with Crippen molar-refractivity contribution in [1.82, 2.24) is 0 Å². The van der Waals surface area contributed by atoms with Crippen molar-refractivity contribution in [1.29, 1.82) is 0 Å². The predicted octanol–water partition coefficient (Wildman–Crippen LogP) is 3.12. The van der Waals surface area contributed by atoms with E-state index in [-0.39, 0.29) is 5.69 Å². The number of benzene rings is 1. The number of nitrogens with zero attached hydrogens (tertiary/aromatic N) is 1. The summed E-state index contributed by atoms with van der Waals surface area (Å²) in [7, 11) is 0. The van der Waals surface area contributed by atoms with Gasteiger partial charge in [0.05, 0.1) is 12.8 Å². The van der Waals surface area contributed by atoms with Crippen LogP contribution in [0.15, 0.2) is 28.9 Å². The molecule has 1 aromatic carbocycles. The maximum atomic E-state index is 12.9. The highest BCUT2D eigenvalue weighted by molar-refractivity contribution is 5.91. The first-order chi connectivity index (χ1) is 5.83. The second-order valence-electron chi connectivity index (χ2n) is 2.34. The Morgan fingerprint density at radius 3 is 2.92 bits per heavy atom. The van der Waals surface area contributed by atoms with Gasteiger partial charge in [-0.2, -0.15) is 0 Å². The number of rotatable bonds is 0. The lowest BCUT2D eigenvalue weighted by Crippen LogP contribution is -1.73. The minimum Gasteiger partial charge on any atom is -0.466 e. The van der Waals surface area contributed by atoms with Gasteiger partial charge in [-0.25, -0.2) is 9.24 Å². The lowest BCUT2D eigenvalue weighted by atomic mass is 10.2. The Morgan fingerprint density at radius 1 is 1.33 bits per heavy atom. The van der Waals surface area contributed by atoms with Gasteiger partial charge in [0.1, 0.15) is 11.4 Å². The zero-order valence-corrected chi connectivity index (χ0v) is 6.04. The Kier molecular flexibility index (Phi) is 1.34. The van der Waals surface area contributed by atoms with E-state index < -0.39 is 5.82 Å². The molecule has 0 bridgehead atoms. The second kappa shape index (κ2) is 2.35. The van der Waals surface area contributed by atoms with Gasteiger partial charge in [0.2, 0.25) is 5.69 Å². The summed E-state index contributed by atoms with van der Waals surface area (Å²) in [5.74, 6) is -0.501. The van der Waals surface area contributed by atoms with Crippen molar-refractivity contribution >= 4 is 16.7 Å². The van der Waals surface area contributed by atoms with Gasteiger partial charge in [-0.3, -0.25) is 0 Å². The average Bonchev–Trinajstić information content (AvgIpc) is 2.52. The van der Waals surface area contributed by atoms with Crippen molar-refractivity contribution < 1.29 is 8.81 Å². The highest BCUT2D eigenvalue weighted by Crippen LogP contribution is 2.29. The van der Waals surface area contributed by atoms with Gasteiger partial charge in [-0.05, 0) is 18.2 Å². The quantitative estimate of drug-likeness (QED) is 0.542. The molecule has 0 aliphatic heterocycles. The topological polar surface area (TPSA) is 17.5 Å². The maximum Gasteiger partial charge on any atom is 0.232 e. The van der Waals surface area contributed by atoms with Crippen LogP contribution in [0.5, 0.6) is 0 Å². The third-order valence-electron chi connectivity index (χ3n) is 1.67. The molecule has 0 saturated heterocycles. The van der Waals surface area contributed by atoms with Gasteiger partial charge in [0.15, 0.2) is 0 Å². The molecule has 0 amide bonds. The van der Waals surface area contributed by atoms with Crippen LogP contribution in [0, 0.1) is 12.4 Å². The molecule has 0 unspecified atom stereocenters. The number of hydrogen-bond donors (Lipinski definition) is 0. The number of halogens is 1. The third-order valence-corrected chi connectivity index (χ3v) is 1.67. The molecule has 2 aromatic rings. The molecule has 0 N–H and O–H groups in total. The third kappa shape index (κ3) is 0.785. The number of fused-ring (bicyclic) bond motifs is 1. The minimum absolute atomic E-state index is 0.0289. The molecule has 0 aliphatic carbocycles. The van der Waals surface area contributed by atoms with Gasteiger partial charge in [-0.1, -0.05) is 0 Å². The monoisotopic (exact) mass is 161 g/mol. The summed E-state index contributed by atoms with van der Waals surface area (Å²) in [4.78, 5) is 3.09. The largest absolute Gasteiger partial charge is 0.466 e. The summed E-state index contributed by atoms with van der Waals surface area (Å²) in [6.07, 6.45) is 1.44. The van der Waals surface area contributed by atoms with Gasteiger partial charge < -0.3 is 4.42 Å². The molecule has 0 spiro atoms. The van der Waals surface area contributed by atoms with Gasteiger partial charge >= 0.3 is 0 Å². The number of furan rings is 1. The lowest BCUT2D eigenvalue weighted by Gasteiger charge is -1.92. The Hall–Kier alpha value is -1.82. The van der Waals surface area contributed by atoms with E-state index in [1.165, 1.54) is 18.4 Å². The SMILES string of the molecule is [C-]#[N+]c1c(F)ccc2occc12. The Bertz CT molecular complexity index is 467. The Labute approximate surface area is 68.0 Å². The van der Waals surface area contributed by atoms with Crippen LogP contribution in [0.4, 0.5) is 10.1 Å². The van der Waals surface area contributed by atoms with Crippen LogP contribution in [0.25, 0.3) is 15.8 Å². The van der Waals surface area contributed by atoms with Crippen LogP contribution >= 0.6 is 0 Å². The van der Waals surface area contributed by atoms with E-state index in [0.717, 1.165) is 0 Å². The number of hydrogen-bond acceptors (Lipinski definition) is 1. The fourth-order valence-corrected chi connectivity index (χ4v) is 1.12. The van der Waals surface area contributed by atoms with Crippen molar-refractivity contribution in [2.45, 2.75) is 0 Å². The second-order valence-corrected chi connectivity index (χ2v) is 2.34. The highest BCUT2D eigenvalue weighted by Gasteiger charge is 2.08. The van der Waals surface area contributed by atoms with Gasteiger partial charge in [0.25, 0.3) is 0 Å². The molecular formula is C9H4FNO. The van der Waals surface area contributed by atoms with Crippen LogP contribution in [-0.2, 0) is 0 Å². The first-order valence-electron chi connectivity index (χ1n) is 3.36. The lowest BCUT2D eigenvalue weighted by molar-refractivity contribution is 0.611. The van der Waals surface area contributed by atoms with E-state index in [4.69, 9.17) is 11.0 Å². The van der Waals surface area contributed by atoms with Crippen molar-refractivity contribution in [3.63, 3.8) is 0 Å². The fraction of sp³-hybridized carbons (Fsp3) is 0. The smallest absolute Gasteiger partial charge is 0.232 e. The summed E-state index contributed by atoms with van der Waals surface area (Å²) < 4.78 is 17.9. The standard InChI is InChI=1S/C9H4FNO/c1-11-9-6-4-5-12-8(6)3-2-7(9)10/h2-5H. The first-order valence-corrected chi connectivity index (χ1v) is 3.36. The van der Waals surface area contributed by atoms with E-state index >= 15 is 0 Å². The first kappa shape index (κ1) is 6.86. The zero-order chi connectivity index (χ0) is 8.55. The van der Waals surface area contributed by atoms with Crippen molar-refractivity contribution in [3.8, 4) is 0 Å². The molecule has 0 aliphatic rings. The molecule has 1 aromatic heterocycles. The molecule has 0 atom stereocenters. The van der Waals surface area contributed by atoms with Crippen LogP contribution in [0.3, 0.4) is 0 Å². The molecule has 12 heavy (non-hydrogen) atoms. The van der Waals surface area contributed by atoms with Crippen LogP contribution in [-0.4, -0.2) is 0 Å². The summed E-state index contributed by atoms with van der Waals surface area (Å²) in [6, 6.07) is 4.34. The average molecular weight is 161 g/mol. The van der Waals surface area contributed by atoms with Gasteiger partial charge in [0, 0.05) is 5.39 Å². The predicted molar refractivity (Wildman–Crippen MR) is 42.4 cm³/mol. The van der Waals surface area contributed by atoms with Gasteiger partial charge in [-0.15, -0.1) is 0 Å². The van der Waals surface area contributed by atoms with Crippen molar-refractivity contribution in [3.05, 3.63) is 41.7 Å². The van der Waals surface area contributed by atoms with Crippen molar-refractivity contribution in [2.24, 2.45) is 0 Å². The van der Waals surface area contributed by atoms with E-state index in [1.54, 1.807) is 6.07 Å². The zero-order valence-electron chi connectivity index (χ0n) is 6.04. The molecule has 58 valence electrons. The molecule has 0 saturated carbocycles. The molecule has 1 heterocycles. The molecule has 2 rings (SSSR count). The molecule has 3 heteroatoms. The summed E-state index contributed by atoms with van der Waals surface area (Å²) in [5.41, 5.74) is 0.573. The van der Waals surface area contributed by atoms with E-state index in [1.807, 2.05) is 0 Å². The molecule has 0 fully saturated rings. The molecular weight excluding hydrogens is 157 g/mol. The van der Waals surface area contributed by atoms with Crippen molar-refractivity contribution in [2.75, 3.05) is 0 Å². The Morgan fingerprint density at radius 2 is 2.17 bits per heavy atom. The van der Waals surface area contributed by atoms with Crippen LogP contribution < -0.4 is 0 Å². The van der Waals surface area contributed by atoms with E-state index in [9.17, 15) is 4.39 Å². The van der Waals surface area contributed by atoms with Crippen LogP contribution in [0.1, 0.15) is 0 Å². The van der Waals surface area contributed by atoms with E-state index in [0.29, 0.717) is 11.0 Å². The summed E-state index contributed by atoms with van der Waals surface area (Å²) in [6.45, 7) is 6.75. The normalized spacial score (nSPS) is 10.0. The van der Waals surface area contributed by atoms with Crippen LogP contribution in [0.2, 0.25) is 0 Å². The van der Waals surface area contributed by atoms with E-state index in [2.05, 4.69) is 4.85 Å². The summed E-state index contributed by atoms with van der Waals surface area (Å²) in [5, 5.41) is 0.532. The maximum absolute atomic E-state index is 12.9. The summed E-state index contributed by atoms with van der Waals surface area (Å²) >= 11 is 0. The Balaban J connectivity index is 2.94. The minimum atomic E-state index is -0.501.